The minimum absolute atomic E-state index is 0.148. The van der Waals surface area contributed by atoms with Gasteiger partial charge in [-0.25, -0.2) is 4.39 Å². The quantitative estimate of drug-likeness (QED) is 0.773. The summed E-state index contributed by atoms with van der Waals surface area (Å²) in [5, 5.41) is 0. The summed E-state index contributed by atoms with van der Waals surface area (Å²) >= 11 is 0. The van der Waals surface area contributed by atoms with Crippen LogP contribution >= 0.6 is 0 Å². The number of carbonyl (C=O) groups is 1. The van der Waals surface area contributed by atoms with E-state index in [2.05, 4.69) is 4.98 Å². The molecule has 19 heavy (non-hydrogen) atoms. The third-order valence-electron chi connectivity index (χ3n) is 3.53. The van der Waals surface area contributed by atoms with E-state index in [9.17, 15) is 9.18 Å². The van der Waals surface area contributed by atoms with Crippen LogP contribution in [0.2, 0.25) is 0 Å². The van der Waals surface area contributed by atoms with Gasteiger partial charge in [-0.05, 0) is 41.3 Å². The van der Waals surface area contributed by atoms with Gasteiger partial charge in [0.15, 0.2) is 0 Å². The Labute approximate surface area is 110 Å². The predicted octanol–water partition coefficient (Wildman–Crippen LogP) is 2.32. The largest absolute Gasteiger partial charge is 0.334 e. The molecule has 1 aliphatic heterocycles. The zero-order valence-corrected chi connectivity index (χ0v) is 10.3. The lowest BCUT2D eigenvalue weighted by atomic mass is 9.90. The Bertz CT molecular complexity index is 597. The maximum Gasteiger partial charge on any atom is 0.210 e. The fraction of sp³-hybridized carbons (Fsp3) is 0.200. The fourth-order valence-electron chi connectivity index (χ4n) is 2.60. The van der Waals surface area contributed by atoms with Gasteiger partial charge in [0.25, 0.3) is 0 Å². The van der Waals surface area contributed by atoms with Gasteiger partial charge in [-0.1, -0.05) is 12.1 Å². The fourth-order valence-corrected chi connectivity index (χ4v) is 2.60. The summed E-state index contributed by atoms with van der Waals surface area (Å²) in [6.45, 7) is 0.657. The van der Waals surface area contributed by atoms with E-state index in [0.29, 0.717) is 6.54 Å². The van der Waals surface area contributed by atoms with E-state index < -0.39 is 0 Å². The van der Waals surface area contributed by atoms with Crippen LogP contribution < -0.4 is 0 Å². The van der Waals surface area contributed by atoms with Gasteiger partial charge < -0.3 is 4.90 Å². The first kappa shape index (κ1) is 11.8. The Morgan fingerprint density at radius 1 is 1.26 bits per heavy atom. The van der Waals surface area contributed by atoms with E-state index in [1.807, 2.05) is 12.3 Å². The number of halogens is 1. The third kappa shape index (κ3) is 2.10. The van der Waals surface area contributed by atoms with Crippen LogP contribution in [0.15, 0.2) is 42.7 Å². The van der Waals surface area contributed by atoms with E-state index >= 15 is 0 Å². The number of nitrogens with zero attached hydrogens (tertiary/aromatic N) is 2. The van der Waals surface area contributed by atoms with E-state index in [-0.39, 0.29) is 11.9 Å². The number of amides is 1. The molecule has 0 aliphatic carbocycles. The highest BCUT2D eigenvalue weighted by atomic mass is 19.1. The zero-order valence-electron chi connectivity index (χ0n) is 10.3. The number of benzene rings is 1. The lowest BCUT2D eigenvalue weighted by Gasteiger charge is -2.34. The first-order valence-electron chi connectivity index (χ1n) is 6.19. The molecular formula is C15H13FN2O. The number of rotatable bonds is 2. The summed E-state index contributed by atoms with van der Waals surface area (Å²) in [7, 11) is 0. The first-order chi connectivity index (χ1) is 9.29. The minimum Gasteiger partial charge on any atom is -0.334 e. The van der Waals surface area contributed by atoms with Crippen LogP contribution in [0.5, 0.6) is 0 Å². The van der Waals surface area contributed by atoms with Gasteiger partial charge in [-0.2, -0.15) is 0 Å². The van der Waals surface area contributed by atoms with Gasteiger partial charge in [0.05, 0.1) is 6.04 Å². The molecule has 4 heteroatoms. The second-order valence-electron chi connectivity index (χ2n) is 4.62. The van der Waals surface area contributed by atoms with Crippen molar-refractivity contribution < 1.29 is 9.18 Å². The Morgan fingerprint density at radius 2 is 2.05 bits per heavy atom. The predicted molar refractivity (Wildman–Crippen MR) is 69.0 cm³/mol. The first-order valence-corrected chi connectivity index (χ1v) is 6.19. The molecular weight excluding hydrogens is 243 g/mol. The van der Waals surface area contributed by atoms with E-state index in [4.69, 9.17) is 0 Å². The van der Waals surface area contributed by atoms with Crippen LogP contribution in [0, 0.1) is 5.82 Å². The lowest BCUT2D eigenvalue weighted by molar-refractivity contribution is -0.119. The van der Waals surface area contributed by atoms with E-state index in [0.717, 1.165) is 29.5 Å². The number of fused-ring (bicyclic) bond motifs is 1. The van der Waals surface area contributed by atoms with Gasteiger partial charge in [0.1, 0.15) is 5.82 Å². The molecule has 0 saturated carbocycles. The lowest BCUT2D eigenvalue weighted by Crippen LogP contribution is -2.35. The minimum atomic E-state index is -0.271. The van der Waals surface area contributed by atoms with Gasteiger partial charge in [-0.15, -0.1) is 0 Å². The van der Waals surface area contributed by atoms with Crippen LogP contribution in [-0.2, 0) is 11.2 Å². The normalized spacial score (nSPS) is 17.9. The molecule has 96 valence electrons. The molecule has 0 spiro atoms. The van der Waals surface area contributed by atoms with Gasteiger partial charge >= 0.3 is 0 Å². The van der Waals surface area contributed by atoms with Gasteiger partial charge in [0, 0.05) is 18.9 Å². The van der Waals surface area contributed by atoms with Crippen molar-refractivity contribution in [3.8, 4) is 0 Å². The van der Waals surface area contributed by atoms with Crippen LogP contribution in [-0.4, -0.2) is 22.8 Å². The highest BCUT2D eigenvalue weighted by Crippen LogP contribution is 2.33. The topological polar surface area (TPSA) is 33.2 Å². The molecule has 0 fully saturated rings. The number of aromatic nitrogens is 1. The van der Waals surface area contributed by atoms with Crippen molar-refractivity contribution in [2.45, 2.75) is 12.5 Å². The molecule has 1 amide bonds. The van der Waals surface area contributed by atoms with Crippen molar-refractivity contribution >= 4 is 6.41 Å². The second-order valence-corrected chi connectivity index (χ2v) is 4.62. The molecule has 0 bridgehead atoms. The highest BCUT2D eigenvalue weighted by Gasteiger charge is 2.27. The molecule has 1 aromatic carbocycles. The summed E-state index contributed by atoms with van der Waals surface area (Å²) < 4.78 is 13.0. The number of pyridine rings is 1. The van der Waals surface area contributed by atoms with Crippen LogP contribution in [0.4, 0.5) is 4.39 Å². The van der Waals surface area contributed by atoms with Crippen LogP contribution in [0.1, 0.15) is 22.7 Å². The molecule has 1 aliphatic rings. The Hall–Kier alpha value is -2.23. The monoisotopic (exact) mass is 256 g/mol. The van der Waals surface area contributed by atoms with Gasteiger partial charge in [0.2, 0.25) is 6.41 Å². The Morgan fingerprint density at radius 3 is 2.79 bits per heavy atom. The molecule has 1 unspecified atom stereocenters. The standard InChI is InChI=1S/C15H13FN2O/c16-13-3-1-11(2-4-13)15-14-5-7-17-9-12(14)6-8-18(15)10-19/h1-5,7,9-10,15H,6,8H2. The zero-order chi connectivity index (χ0) is 13.2. The Kier molecular flexibility index (Phi) is 2.99. The number of carbonyl (C=O) groups excluding carboxylic acids is 1. The van der Waals surface area contributed by atoms with Crippen LogP contribution in [0.3, 0.4) is 0 Å². The van der Waals surface area contributed by atoms with Crippen molar-refractivity contribution in [2.24, 2.45) is 0 Å². The smallest absolute Gasteiger partial charge is 0.210 e. The summed E-state index contributed by atoms with van der Waals surface area (Å²) in [5.74, 6) is -0.271. The molecule has 2 aromatic rings. The van der Waals surface area contributed by atoms with Crippen LogP contribution in [0.25, 0.3) is 0 Å². The summed E-state index contributed by atoms with van der Waals surface area (Å²) in [5.41, 5.74) is 3.13. The van der Waals surface area contributed by atoms with Gasteiger partial charge in [-0.3, -0.25) is 9.78 Å². The van der Waals surface area contributed by atoms with Crippen molar-refractivity contribution in [1.29, 1.82) is 0 Å². The summed E-state index contributed by atoms with van der Waals surface area (Å²) in [6.07, 6.45) is 5.23. The van der Waals surface area contributed by atoms with Crippen molar-refractivity contribution in [1.82, 2.24) is 9.88 Å². The third-order valence-corrected chi connectivity index (χ3v) is 3.53. The average Bonchev–Trinajstić information content (AvgIpc) is 2.47. The molecule has 3 nitrogen and oxygen atoms in total. The summed E-state index contributed by atoms with van der Waals surface area (Å²) in [6, 6.07) is 8.09. The average molecular weight is 256 g/mol. The number of hydrogen-bond acceptors (Lipinski definition) is 2. The maximum atomic E-state index is 13.0. The molecule has 0 saturated heterocycles. The van der Waals surface area contributed by atoms with Crippen molar-refractivity contribution in [2.75, 3.05) is 6.54 Å². The molecule has 0 radical (unpaired) electrons. The molecule has 1 atom stereocenters. The summed E-state index contributed by atoms with van der Waals surface area (Å²) in [4.78, 5) is 17.1. The van der Waals surface area contributed by atoms with Crippen molar-refractivity contribution in [3.63, 3.8) is 0 Å². The van der Waals surface area contributed by atoms with Crippen molar-refractivity contribution in [3.05, 3.63) is 65.2 Å². The number of hydrogen-bond donors (Lipinski definition) is 0. The Balaban J connectivity index is 2.10. The SMILES string of the molecule is O=CN1CCc2cnccc2C1c1ccc(F)cc1. The second kappa shape index (κ2) is 4.80. The molecule has 2 heterocycles. The molecule has 0 N–H and O–H groups in total. The van der Waals surface area contributed by atoms with E-state index in [1.54, 1.807) is 23.2 Å². The highest BCUT2D eigenvalue weighted by molar-refractivity contribution is 5.53. The van der Waals surface area contributed by atoms with E-state index in [1.165, 1.54) is 12.1 Å². The molecule has 3 rings (SSSR count). The molecule has 1 aromatic heterocycles. The maximum absolute atomic E-state index is 13.0.